The first-order valence-electron chi connectivity index (χ1n) is 3.29. The Morgan fingerprint density at radius 2 is 1.25 bits per heavy atom. The zero-order valence-corrected chi connectivity index (χ0v) is 9.97. The number of hydrogen-bond donors (Lipinski definition) is 0. The van der Waals surface area contributed by atoms with E-state index < -0.39 is 42.8 Å². The second kappa shape index (κ2) is 2.93. The minimum absolute atomic E-state index is 3.99. The fraction of sp³-hybridized carbons (Fsp3) is 1.00. The normalized spacial score (nSPS) is 37.6. The summed E-state index contributed by atoms with van der Waals surface area (Å²) in [6.45, 7) is 0. The van der Waals surface area contributed by atoms with Crippen molar-refractivity contribution in [2.75, 3.05) is 0 Å². The molecule has 0 radical (unpaired) electrons. The fourth-order valence-electron chi connectivity index (χ4n) is 1.08. The fourth-order valence-corrected chi connectivity index (χ4v) is 14.7. The molecule has 0 aromatic rings. The van der Waals surface area contributed by atoms with Crippen LogP contribution in [0.4, 0.5) is 26.3 Å². The first-order chi connectivity index (χ1) is 6.71. The van der Waals surface area contributed by atoms with Gasteiger partial charge < -0.3 is 0 Å². The van der Waals surface area contributed by atoms with Crippen molar-refractivity contribution in [1.29, 1.82) is 0 Å². The summed E-state index contributed by atoms with van der Waals surface area (Å²) in [5.74, 6) is 0. The molecular formula is C3H2F6O4S2Si. The van der Waals surface area contributed by atoms with Crippen LogP contribution in [0.3, 0.4) is 0 Å². The van der Waals surface area contributed by atoms with Gasteiger partial charge in [0, 0.05) is 0 Å². The molecule has 0 aliphatic carbocycles. The minimum atomic E-state index is -6.51. The standard InChI is InChI=1S/C3H2F6O4S2Si/c4-1(2(5,6)7)3(8,9)15(12,13)16-14(1,10)11/h16H2. The van der Waals surface area contributed by atoms with E-state index in [4.69, 9.17) is 0 Å². The van der Waals surface area contributed by atoms with E-state index in [1.807, 2.05) is 0 Å². The highest BCUT2D eigenvalue weighted by Gasteiger charge is 2.88. The summed E-state index contributed by atoms with van der Waals surface area (Å²) in [5.41, 5.74) is 0. The van der Waals surface area contributed by atoms with Gasteiger partial charge in [-0.15, -0.1) is 0 Å². The van der Waals surface area contributed by atoms with Crippen molar-refractivity contribution in [3.05, 3.63) is 0 Å². The molecule has 0 spiro atoms. The maximum atomic E-state index is 13.1. The predicted octanol–water partition coefficient (Wildman–Crippen LogP) is -0.351. The Morgan fingerprint density at radius 1 is 0.875 bits per heavy atom. The van der Waals surface area contributed by atoms with Crippen LogP contribution in [0.5, 0.6) is 0 Å². The molecule has 0 aromatic carbocycles. The van der Waals surface area contributed by atoms with Crippen molar-refractivity contribution in [3.8, 4) is 0 Å². The van der Waals surface area contributed by atoms with E-state index in [1.165, 1.54) is 0 Å². The van der Waals surface area contributed by atoms with Gasteiger partial charge in [-0.25, -0.2) is 21.2 Å². The summed E-state index contributed by atoms with van der Waals surface area (Å²) >= 11 is 0. The maximum Gasteiger partial charge on any atom is 0.444 e. The molecule has 1 rings (SSSR count). The molecule has 1 atom stereocenters. The number of rotatable bonds is 0. The molecule has 96 valence electrons. The van der Waals surface area contributed by atoms with Crippen molar-refractivity contribution in [2.45, 2.75) is 16.4 Å². The first kappa shape index (κ1) is 13.8. The van der Waals surface area contributed by atoms with Gasteiger partial charge in [0.25, 0.3) is 0 Å². The molecule has 0 bridgehead atoms. The lowest BCUT2D eigenvalue weighted by Gasteiger charge is -2.26. The van der Waals surface area contributed by atoms with Gasteiger partial charge in [-0.2, -0.15) is 22.0 Å². The van der Waals surface area contributed by atoms with E-state index in [1.54, 1.807) is 0 Å². The molecule has 1 saturated heterocycles. The summed E-state index contributed by atoms with van der Waals surface area (Å²) in [6.07, 6.45) is -6.51. The molecule has 1 unspecified atom stereocenters. The van der Waals surface area contributed by atoms with E-state index in [-0.39, 0.29) is 0 Å². The zero-order chi connectivity index (χ0) is 13.2. The molecule has 1 fully saturated rings. The third-order valence-electron chi connectivity index (χ3n) is 1.87. The first-order valence-corrected chi connectivity index (χ1v) is 10.1. The highest BCUT2D eigenvalue weighted by Crippen LogP contribution is 2.55. The van der Waals surface area contributed by atoms with Gasteiger partial charge in [0.15, 0.2) is 9.29 Å². The molecule has 1 aliphatic heterocycles. The smallest absolute Gasteiger partial charge is 0.232 e. The van der Waals surface area contributed by atoms with Gasteiger partial charge >= 0.3 is 24.3 Å². The second-order valence-corrected chi connectivity index (χ2v) is 14.1. The summed E-state index contributed by atoms with van der Waals surface area (Å²) in [7, 11) is -15.9. The van der Waals surface area contributed by atoms with Crippen LogP contribution in [0, 0.1) is 0 Å². The Hall–Kier alpha value is -0.303. The lowest BCUT2D eigenvalue weighted by Crippen LogP contribution is -2.57. The summed E-state index contributed by atoms with van der Waals surface area (Å²) in [5, 5.41) is -12.0. The van der Waals surface area contributed by atoms with Gasteiger partial charge in [0.1, 0.15) is 0 Å². The molecule has 0 N–H and O–H groups in total. The highest BCUT2D eigenvalue weighted by atomic mass is 32.6. The summed E-state index contributed by atoms with van der Waals surface area (Å²) in [6, 6.07) is 0. The van der Waals surface area contributed by atoms with Gasteiger partial charge in [0.2, 0.25) is 9.29 Å². The van der Waals surface area contributed by atoms with Crippen LogP contribution >= 0.6 is 0 Å². The highest BCUT2D eigenvalue weighted by molar-refractivity contribution is 8.46. The predicted molar refractivity (Wildman–Crippen MR) is 41.2 cm³/mol. The Morgan fingerprint density at radius 3 is 1.38 bits per heavy atom. The molecule has 0 aromatic heterocycles. The van der Waals surface area contributed by atoms with E-state index in [0.29, 0.717) is 0 Å². The Balaban J connectivity index is 3.76. The van der Waals surface area contributed by atoms with Crippen LogP contribution in [0.1, 0.15) is 0 Å². The van der Waals surface area contributed by atoms with Crippen molar-refractivity contribution in [1.82, 2.24) is 0 Å². The molecule has 1 aliphatic rings. The lowest BCUT2D eigenvalue weighted by molar-refractivity contribution is -0.240. The van der Waals surface area contributed by atoms with Gasteiger partial charge in [-0.1, -0.05) is 0 Å². The van der Waals surface area contributed by atoms with Crippen molar-refractivity contribution >= 4 is 26.4 Å². The Bertz CT molecular complexity index is 518. The molecule has 16 heavy (non-hydrogen) atoms. The van der Waals surface area contributed by atoms with E-state index in [0.717, 1.165) is 0 Å². The molecular weight excluding hydrogens is 306 g/mol. The van der Waals surface area contributed by atoms with Gasteiger partial charge in [-0.05, 0) is 0 Å². The summed E-state index contributed by atoms with van der Waals surface area (Å²) in [4.78, 5) is 0. The second-order valence-electron chi connectivity index (χ2n) is 2.96. The Labute approximate surface area is 86.6 Å². The molecule has 1 heterocycles. The van der Waals surface area contributed by atoms with Gasteiger partial charge in [0.05, 0.1) is 0 Å². The van der Waals surface area contributed by atoms with Crippen LogP contribution < -0.4 is 0 Å². The topological polar surface area (TPSA) is 68.3 Å². The Kier molecular flexibility index (Phi) is 2.52. The van der Waals surface area contributed by atoms with Crippen LogP contribution in [0.2, 0.25) is 0 Å². The maximum absolute atomic E-state index is 13.1. The third kappa shape index (κ3) is 1.27. The van der Waals surface area contributed by atoms with Crippen molar-refractivity contribution in [3.63, 3.8) is 0 Å². The van der Waals surface area contributed by atoms with Crippen LogP contribution in [-0.4, -0.2) is 41.1 Å². The minimum Gasteiger partial charge on any atom is -0.232 e. The van der Waals surface area contributed by atoms with Crippen LogP contribution in [-0.2, 0) is 18.6 Å². The number of alkyl halides is 6. The van der Waals surface area contributed by atoms with E-state index in [9.17, 15) is 43.2 Å². The van der Waals surface area contributed by atoms with Crippen molar-refractivity contribution < 1.29 is 43.2 Å². The average Bonchev–Trinajstić information content (AvgIpc) is 2.05. The zero-order valence-electron chi connectivity index (χ0n) is 6.92. The number of hydrogen-bond acceptors (Lipinski definition) is 4. The molecule has 4 nitrogen and oxygen atoms in total. The number of halogens is 6. The monoisotopic (exact) mass is 308 g/mol. The lowest BCUT2D eigenvalue weighted by atomic mass is 10.4. The van der Waals surface area contributed by atoms with Crippen molar-refractivity contribution in [2.24, 2.45) is 0 Å². The van der Waals surface area contributed by atoms with Crippen LogP contribution in [0.25, 0.3) is 0 Å². The average molecular weight is 308 g/mol. The van der Waals surface area contributed by atoms with Gasteiger partial charge in [-0.3, -0.25) is 0 Å². The third-order valence-corrected chi connectivity index (χ3v) is 14.8. The van der Waals surface area contributed by atoms with Crippen LogP contribution in [0.15, 0.2) is 0 Å². The molecule has 0 saturated carbocycles. The van der Waals surface area contributed by atoms with E-state index in [2.05, 4.69) is 0 Å². The molecule has 0 amide bonds. The molecule has 13 heteroatoms. The quantitative estimate of drug-likeness (QED) is 0.453. The largest absolute Gasteiger partial charge is 0.444 e. The summed E-state index contributed by atoms with van der Waals surface area (Å²) < 4.78 is 117. The van der Waals surface area contributed by atoms with E-state index >= 15 is 0 Å². The SMILES string of the molecule is O=S1(=O)[SiH2]S(=O)(=O)C(F)(C(F)(F)F)C1(F)F.